The van der Waals surface area contributed by atoms with Gasteiger partial charge in [0, 0.05) is 51.2 Å². The molecule has 182 valence electrons. The van der Waals surface area contributed by atoms with Gasteiger partial charge in [0.1, 0.15) is 5.75 Å². The molecule has 3 unspecified atom stereocenters. The summed E-state index contributed by atoms with van der Waals surface area (Å²) in [6.45, 7) is 3.44. The zero-order chi connectivity index (χ0) is 23.4. The summed E-state index contributed by atoms with van der Waals surface area (Å²) in [6.07, 6.45) is 0.513. The van der Waals surface area contributed by atoms with Gasteiger partial charge in [-0.15, -0.1) is 13.2 Å². The first kappa shape index (κ1) is 23.8. The first-order valence-electron chi connectivity index (χ1n) is 11.7. The number of hydrogen-bond acceptors (Lipinski definition) is 5. The number of alkyl halides is 3. The number of nitrogens with zero attached hydrogens (tertiary/aromatic N) is 2. The molecule has 4 rings (SSSR count). The molecule has 3 aliphatic heterocycles. The highest BCUT2D eigenvalue weighted by atomic mass is 19.4. The van der Waals surface area contributed by atoms with Gasteiger partial charge in [-0.3, -0.25) is 14.5 Å². The Balaban J connectivity index is 1.27. The maximum absolute atomic E-state index is 12.6. The standard InChI is InChI=1S/C23H31F3N4O3/c24-23(25,26)33-19-7-4-16(5-8-19)13-27-17-12-20-22(32)28-14-18(30(20)15-17)6-9-21(31)29-10-2-1-3-11-29/h4-5,7-8,17-18,20,27H,1-3,6,9-15H2,(H,28,32). The van der Waals surface area contributed by atoms with Crippen LogP contribution < -0.4 is 15.4 Å². The zero-order valence-electron chi connectivity index (χ0n) is 18.6. The van der Waals surface area contributed by atoms with Gasteiger partial charge in [0.05, 0.1) is 6.04 Å². The summed E-state index contributed by atoms with van der Waals surface area (Å²) < 4.78 is 40.8. The first-order valence-corrected chi connectivity index (χ1v) is 11.7. The molecule has 3 aliphatic rings. The molecule has 2 amide bonds. The third-order valence-corrected chi connectivity index (χ3v) is 6.77. The Kier molecular flexibility index (Phi) is 7.43. The van der Waals surface area contributed by atoms with Crippen LogP contribution in [0.25, 0.3) is 0 Å². The van der Waals surface area contributed by atoms with Gasteiger partial charge < -0.3 is 20.3 Å². The second-order valence-corrected chi connectivity index (χ2v) is 9.10. The lowest BCUT2D eigenvalue weighted by atomic mass is 10.0. The smallest absolute Gasteiger partial charge is 0.406 e. The van der Waals surface area contributed by atoms with Crippen molar-refractivity contribution >= 4 is 11.8 Å². The second-order valence-electron chi connectivity index (χ2n) is 9.10. The van der Waals surface area contributed by atoms with E-state index in [0.717, 1.165) is 37.9 Å². The molecule has 3 fully saturated rings. The van der Waals surface area contributed by atoms with E-state index in [0.29, 0.717) is 32.5 Å². The number of ether oxygens (including phenoxy) is 1. The highest BCUT2D eigenvalue weighted by molar-refractivity contribution is 5.83. The SMILES string of the molecule is O=C1NCC(CCC(=O)N2CCCCC2)N2CC(NCc3ccc(OC(F)(F)F)cc3)CC12. The molecule has 0 radical (unpaired) electrons. The minimum Gasteiger partial charge on any atom is -0.406 e. The topological polar surface area (TPSA) is 73.9 Å². The third-order valence-electron chi connectivity index (χ3n) is 6.77. The van der Waals surface area contributed by atoms with Crippen LogP contribution in [0.4, 0.5) is 13.2 Å². The van der Waals surface area contributed by atoms with Crippen molar-refractivity contribution < 1.29 is 27.5 Å². The summed E-state index contributed by atoms with van der Waals surface area (Å²) in [5.41, 5.74) is 0.836. The van der Waals surface area contributed by atoms with Crippen LogP contribution in [0.3, 0.4) is 0 Å². The van der Waals surface area contributed by atoms with E-state index in [4.69, 9.17) is 0 Å². The molecular formula is C23H31F3N4O3. The lowest BCUT2D eigenvalue weighted by Crippen LogP contribution is -2.58. The Morgan fingerprint density at radius 3 is 2.58 bits per heavy atom. The highest BCUT2D eigenvalue weighted by Gasteiger charge is 2.43. The summed E-state index contributed by atoms with van der Waals surface area (Å²) in [5, 5.41) is 6.41. The molecular weight excluding hydrogens is 437 g/mol. The predicted octanol–water partition coefficient (Wildman–Crippen LogP) is 2.41. The average molecular weight is 469 g/mol. The molecule has 3 saturated heterocycles. The lowest BCUT2D eigenvalue weighted by Gasteiger charge is -2.37. The molecule has 0 saturated carbocycles. The zero-order valence-corrected chi connectivity index (χ0v) is 18.6. The van der Waals surface area contributed by atoms with E-state index in [1.807, 2.05) is 4.90 Å². The molecule has 1 aromatic rings. The van der Waals surface area contributed by atoms with E-state index in [2.05, 4.69) is 20.3 Å². The Bertz CT molecular complexity index is 827. The number of carbonyl (C=O) groups excluding carboxylic acids is 2. The number of amides is 2. The summed E-state index contributed by atoms with van der Waals surface area (Å²) in [4.78, 5) is 29.1. The molecule has 0 bridgehead atoms. The van der Waals surface area contributed by atoms with Crippen molar-refractivity contribution in [2.45, 2.75) is 69.6 Å². The maximum Gasteiger partial charge on any atom is 0.573 e. The van der Waals surface area contributed by atoms with Gasteiger partial charge in [0.15, 0.2) is 0 Å². The van der Waals surface area contributed by atoms with Gasteiger partial charge in [-0.05, 0) is 49.8 Å². The molecule has 0 spiro atoms. The fraction of sp³-hybridized carbons (Fsp3) is 0.652. The number of rotatable bonds is 7. The molecule has 10 heteroatoms. The van der Waals surface area contributed by atoms with Gasteiger partial charge in [0.25, 0.3) is 0 Å². The second kappa shape index (κ2) is 10.3. The van der Waals surface area contributed by atoms with Crippen LogP contribution in [0.1, 0.15) is 44.1 Å². The van der Waals surface area contributed by atoms with E-state index in [-0.39, 0.29) is 35.7 Å². The third kappa shape index (κ3) is 6.38. The molecule has 2 N–H and O–H groups in total. The largest absolute Gasteiger partial charge is 0.573 e. The van der Waals surface area contributed by atoms with Crippen molar-refractivity contribution in [2.24, 2.45) is 0 Å². The van der Waals surface area contributed by atoms with Crippen molar-refractivity contribution in [3.05, 3.63) is 29.8 Å². The van der Waals surface area contributed by atoms with Crippen molar-refractivity contribution in [1.29, 1.82) is 0 Å². The summed E-state index contributed by atoms with van der Waals surface area (Å²) in [5.74, 6) is -0.0237. The van der Waals surface area contributed by atoms with Gasteiger partial charge in [-0.1, -0.05) is 12.1 Å². The maximum atomic E-state index is 12.6. The molecule has 0 aliphatic carbocycles. The average Bonchev–Trinajstić information content (AvgIpc) is 3.23. The van der Waals surface area contributed by atoms with Gasteiger partial charge in [-0.2, -0.15) is 0 Å². The van der Waals surface area contributed by atoms with Crippen LogP contribution in [0.5, 0.6) is 5.75 Å². The number of benzene rings is 1. The number of halogens is 3. The normalized spacial score (nSPS) is 26.1. The molecule has 0 aromatic heterocycles. The number of piperidine rings is 1. The van der Waals surface area contributed by atoms with E-state index in [1.54, 1.807) is 12.1 Å². The Labute approximate surface area is 191 Å². The predicted molar refractivity (Wildman–Crippen MR) is 115 cm³/mol. The van der Waals surface area contributed by atoms with Gasteiger partial charge in [0.2, 0.25) is 11.8 Å². The number of piperazine rings is 1. The van der Waals surface area contributed by atoms with Crippen molar-refractivity contribution in [1.82, 2.24) is 20.4 Å². The molecule has 7 nitrogen and oxygen atoms in total. The fourth-order valence-electron chi connectivity index (χ4n) is 5.05. The number of fused-ring (bicyclic) bond motifs is 1. The van der Waals surface area contributed by atoms with Crippen molar-refractivity contribution in [3.8, 4) is 5.75 Å². The van der Waals surface area contributed by atoms with Crippen LogP contribution in [-0.4, -0.2) is 72.3 Å². The summed E-state index contributed by atoms with van der Waals surface area (Å²) >= 11 is 0. The first-order chi connectivity index (χ1) is 15.8. The molecule has 1 aromatic carbocycles. The number of hydrogen-bond donors (Lipinski definition) is 2. The fourth-order valence-corrected chi connectivity index (χ4v) is 5.05. The monoisotopic (exact) mass is 468 g/mol. The van der Waals surface area contributed by atoms with E-state index < -0.39 is 6.36 Å². The number of nitrogens with one attached hydrogen (secondary N) is 2. The van der Waals surface area contributed by atoms with Crippen LogP contribution in [0, 0.1) is 0 Å². The Hall–Kier alpha value is -2.33. The number of carbonyl (C=O) groups is 2. The minimum absolute atomic E-state index is 0.0200. The number of likely N-dealkylation sites (tertiary alicyclic amines) is 1. The van der Waals surface area contributed by atoms with E-state index >= 15 is 0 Å². The molecule has 3 heterocycles. The molecule has 33 heavy (non-hydrogen) atoms. The molecule has 3 atom stereocenters. The minimum atomic E-state index is -4.70. The van der Waals surface area contributed by atoms with E-state index in [1.165, 1.54) is 18.6 Å². The highest BCUT2D eigenvalue weighted by Crippen LogP contribution is 2.27. The van der Waals surface area contributed by atoms with Gasteiger partial charge >= 0.3 is 6.36 Å². The van der Waals surface area contributed by atoms with E-state index in [9.17, 15) is 22.8 Å². The van der Waals surface area contributed by atoms with Crippen LogP contribution in [0.2, 0.25) is 0 Å². The van der Waals surface area contributed by atoms with Crippen LogP contribution >= 0.6 is 0 Å². The Morgan fingerprint density at radius 2 is 1.88 bits per heavy atom. The van der Waals surface area contributed by atoms with Crippen LogP contribution in [-0.2, 0) is 16.1 Å². The van der Waals surface area contributed by atoms with Crippen molar-refractivity contribution in [3.63, 3.8) is 0 Å². The summed E-state index contributed by atoms with van der Waals surface area (Å²) in [6, 6.07) is 5.79. The van der Waals surface area contributed by atoms with Crippen LogP contribution in [0.15, 0.2) is 24.3 Å². The Morgan fingerprint density at radius 1 is 1.15 bits per heavy atom. The van der Waals surface area contributed by atoms with Gasteiger partial charge in [-0.25, -0.2) is 0 Å². The quantitative estimate of drug-likeness (QED) is 0.643. The van der Waals surface area contributed by atoms with Crippen molar-refractivity contribution in [2.75, 3.05) is 26.2 Å². The lowest BCUT2D eigenvalue weighted by molar-refractivity contribution is -0.274. The summed E-state index contributed by atoms with van der Waals surface area (Å²) in [7, 11) is 0.